The normalized spacial score (nSPS) is 48.2. The number of imide groups is 1. The van der Waals surface area contributed by atoms with Crippen molar-refractivity contribution in [2.75, 3.05) is 0 Å². The first kappa shape index (κ1) is 11.6. The standard InChI is InChI=1S/C15H20N2O2/c16-10-3-1-2-4-11(10)17-14(18)12-8-5-6-9(7-8)13(12)15(17)19/h5-6,8-13H,1-4,7,16H2. The summed E-state index contributed by atoms with van der Waals surface area (Å²) in [7, 11) is 0. The van der Waals surface area contributed by atoms with Gasteiger partial charge in [0.15, 0.2) is 0 Å². The van der Waals surface area contributed by atoms with Gasteiger partial charge in [0, 0.05) is 6.04 Å². The van der Waals surface area contributed by atoms with Crippen molar-refractivity contribution in [1.29, 1.82) is 0 Å². The van der Waals surface area contributed by atoms with Gasteiger partial charge in [0.05, 0.1) is 17.9 Å². The summed E-state index contributed by atoms with van der Waals surface area (Å²) in [5.74, 6) is 0.587. The number of hydrogen-bond donors (Lipinski definition) is 1. The fourth-order valence-electron chi connectivity index (χ4n) is 4.71. The molecule has 3 fully saturated rings. The van der Waals surface area contributed by atoms with Crippen LogP contribution in [0.5, 0.6) is 0 Å². The first-order valence-electron chi connectivity index (χ1n) is 7.49. The number of fused-ring (bicyclic) bond motifs is 5. The third kappa shape index (κ3) is 1.43. The van der Waals surface area contributed by atoms with Gasteiger partial charge in [-0.3, -0.25) is 14.5 Å². The maximum absolute atomic E-state index is 12.6. The summed E-state index contributed by atoms with van der Waals surface area (Å²) in [6.07, 6.45) is 9.30. The van der Waals surface area contributed by atoms with Gasteiger partial charge >= 0.3 is 0 Å². The second-order valence-electron chi connectivity index (χ2n) is 6.56. The number of hydrogen-bond acceptors (Lipinski definition) is 3. The lowest BCUT2D eigenvalue weighted by Crippen LogP contribution is -2.52. The number of nitrogens with zero attached hydrogens (tertiary/aromatic N) is 1. The average molecular weight is 260 g/mol. The molecule has 4 nitrogen and oxygen atoms in total. The molecule has 6 atom stereocenters. The highest BCUT2D eigenvalue weighted by Gasteiger charge is 2.60. The van der Waals surface area contributed by atoms with Crippen molar-refractivity contribution in [3.63, 3.8) is 0 Å². The Balaban J connectivity index is 1.65. The van der Waals surface area contributed by atoms with Gasteiger partial charge in [0.1, 0.15) is 0 Å². The van der Waals surface area contributed by atoms with Crippen molar-refractivity contribution in [3.8, 4) is 0 Å². The van der Waals surface area contributed by atoms with Crippen LogP contribution in [0.4, 0.5) is 0 Å². The van der Waals surface area contributed by atoms with E-state index < -0.39 is 0 Å². The SMILES string of the molecule is NC1CCCCC1N1C(=O)C2C3C=CC(C3)C2C1=O. The molecular weight excluding hydrogens is 240 g/mol. The van der Waals surface area contributed by atoms with Gasteiger partial charge in [-0.15, -0.1) is 0 Å². The monoisotopic (exact) mass is 260 g/mol. The number of rotatable bonds is 1. The van der Waals surface area contributed by atoms with Crippen molar-refractivity contribution in [2.24, 2.45) is 29.4 Å². The molecule has 3 aliphatic carbocycles. The Morgan fingerprint density at radius 3 is 2.16 bits per heavy atom. The van der Waals surface area contributed by atoms with Gasteiger partial charge in [0.2, 0.25) is 11.8 Å². The van der Waals surface area contributed by atoms with E-state index in [2.05, 4.69) is 12.2 Å². The maximum Gasteiger partial charge on any atom is 0.234 e. The van der Waals surface area contributed by atoms with Crippen LogP contribution in [0.25, 0.3) is 0 Å². The number of carbonyl (C=O) groups excluding carboxylic acids is 2. The number of nitrogens with two attached hydrogens (primary N) is 1. The summed E-state index contributed by atoms with van der Waals surface area (Å²) >= 11 is 0. The van der Waals surface area contributed by atoms with Gasteiger partial charge in [-0.25, -0.2) is 0 Å². The molecule has 1 aliphatic heterocycles. The van der Waals surface area contributed by atoms with Crippen LogP contribution in [0, 0.1) is 23.7 Å². The molecule has 0 spiro atoms. The number of likely N-dealkylation sites (tertiary alicyclic amines) is 1. The van der Waals surface area contributed by atoms with E-state index in [1.165, 1.54) is 0 Å². The molecule has 0 aromatic heterocycles. The quantitative estimate of drug-likeness (QED) is 0.566. The van der Waals surface area contributed by atoms with Crippen molar-refractivity contribution in [2.45, 2.75) is 44.2 Å². The number of carbonyl (C=O) groups is 2. The third-order valence-electron chi connectivity index (χ3n) is 5.62. The minimum absolute atomic E-state index is 0.0221. The lowest BCUT2D eigenvalue weighted by Gasteiger charge is -2.35. The average Bonchev–Trinajstić information content (AvgIpc) is 3.06. The molecule has 4 aliphatic rings. The van der Waals surface area contributed by atoms with E-state index in [4.69, 9.17) is 5.73 Å². The highest BCUT2D eigenvalue weighted by atomic mass is 16.2. The van der Waals surface area contributed by atoms with E-state index in [1.807, 2.05) is 0 Å². The smallest absolute Gasteiger partial charge is 0.234 e. The van der Waals surface area contributed by atoms with Gasteiger partial charge in [-0.2, -0.15) is 0 Å². The van der Waals surface area contributed by atoms with Crippen LogP contribution in [-0.2, 0) is 9.59 Å². The summed E-state index contributed by atoms with van der Waals surface area (Å²) in [6.45, 7) is 0. The van der Waals surface area contributed by atoms with Crippen LogP contribution in [-0.4, -0.2) is 28.8 Å². The summed E-state index contributed by atoms with van der Waals surface area (Å²) in [5.41, 5.74) is 6.16. The van der Waals surface area contributed by atoms with Gasteiger partial charge in [-0.05, 0) is 31.1 Å². The zero-order chi connectivity index (χ0) is 13.1. The van der Waals surface area contributed by atoms with Crippen LogP contribution in [0.3, 0.4) is 0 Å². The topological polar surface area (TPSA) is 63.4 Å². The van der Waals surface area contributed by atoms with Gasteiger partial charge in [0.25, 0.3) is 0 Å². The summed E-state index contributed by atoms with van der Waals surface area (Å²) in [5, 5.41) is 0. The third-order valence-corrected chi connectivity index (χ3v) is 5.62. The molecule has 0 aromatic rings. The zero-order valence-corrected chi connectivity index (χ0v) is 11.0. The Labute approximate surface area is 113 Å². The molecule has 2 N–H and O–H groups in total. The maximum atomic E-state index is 12.6. The predicted molar refractivity (Wildman–Crippen MR) is 69.8 cm³/mol. The number of amides is 2. The molecule has 4 heteroatoms. The van der Waals surface area contributed by atoms with E-state index in [0.29, 0.717) is 11.8 Å². The Hall–Kier alpha value is -1.16. The first-order chi connectivity index (χ1) is 9.18. The van der Waals surface area contributed by atoms with Crippen LogP contribution < -0.4 is 5.73 Å². The molecule has 0 radical (unpaired) electrons. The predicted octanol–water partition coefficient (Wildman–Crippen LogP) is 1.06. The molecule has 2 amide bonds. The molecule has 4 rings (SSSR count). The van der Waals surface area contributed by atoms with Gasteiger partial charge < -0.3 is 5.73 Å². The van der Waals surface area contributed by atoms with Crippen LogP contribution in [0.2, 0.25) is 0 Å². The molecule has 2 bridgehead atoms. The van der Waals surface area contributed by atoms with Crippen LogP contribution in [0.1, 0.15) is 32.1 Å². The molecule has 1 heterocycles. The fraction of sp³-hybridized carbons (Fsp3) is 0.733. The largest absolute Gasteiger partial charge is 0.326 e. The van der Waals surface area contributed by atoms with Crippen molar-refractivity contribution >= 4 is 11.8 Å². The Morgan fingerprint density at radius 2 is 1.58 bits per heavy atom. The minimum atomic E-state index is -0.0726. The Bertz CT molecular complexity index is 443. The molecule has 2 saturated carbocycles. The summed E-state index contributed by atoms with van der Waals surface area (Å²) in [4.78, 5) is 26.9. The van der Waals surface area contributed by atoms with Crippen molar-refractivity contribution in [3.05, 3.63) is 12.2 Å². The lowest BCUT2D eigenvalue weighted by molar-refractivity contribution is -0.144. The molecular formula is C15H20N2O2. The summed E-state index contributed by atoms with van der Waals surface area (Å²) in [6, 6.07) is -0.0650. The second-order valence-corrected chi connectivity index (χ2v) is 6.56. The first-order valence-corrected chi connectivity index (χ1v) is 7.49. The molecule has 1 saturated heterocycles. The second kappa shape index (κ2) is 3.92. The van der Waals surface area contributed by atoms with E-state index >= 15 is 0 Å². The summed E-state index contributed by atoms with van der Waals surface area (Å²) < 4.78 is 0. The molecule has 0 aromatic carbocycles. The molecule has 19 heavy (non-hydrogen) atoms. The van der Waals surface area contributed by atoms with E-state index in [0.717, 1.165) is 32.1 Å². The highest BCUT2D eigenvalue weighted by molar-refractivity contribution is 6.06. The minimum Gasteiger partial charge on any atom is -0.326 e. The van der Waals surface area contributed by atoms with Crippen LogP contribution in [0.15, 0.2) is 12.2 Å². The lowest BCUT2D eigenvalue weighted by atomic mass is 9.85. The van der Waals surface area contributed by atoms with E-state index in [1.54, 1.807) is 4.90 Å². The van der Waals surface area contributed by atoms with Crippen LogP contribution >= 0.6 is 0 Å². The van der Waals surface area contributed by atoms with E-state index in [9.17, 15) is 9.59 Å². The van der Waals surface area contributed by atoms with Gasteiger partial charge in [-0.1, -0.05) is 25.0 Å². The zero-order valence-electron chi connectivity index (χ0n) is 11.0. The Kier molecular flexibility index (Phi) is 2.40. The van der Waals surface area contributed by atoms with E-state index in [-0.39, 0.29) is 35.7 Å². The van der Waals surface area contributed by atoms with Crippen molar-refractivity contribution < 1.29 is 9.59 Å². The fourth-order valence-corrected chi connectivity index (χ4v) is 4.71. The molecule has 6 unspecified atom stereocenters. The number of allylic oxidation sites excluding steroid dienone is 2. The highest BCUT2D eigenvalue weighted by Crippen LogP contribution is 2.53. The Morgan fingerprint density at radius 1 is 1.00 bits per heavy atom. The van der Waals surface area contributed by atoms with Crippen molar-refractivity contribution in [1.82, 2.24) is 4.90 Å². The molecule has 102 valence electrons.